The maximum Gasteiger partial charge on any atom is 0.227 e. The number of nitrogens with zero attached hydrogens (tertiary/aromatic N) is 1. The van der Waals surface area contributed by atoms with Crippen LogP contribution in [0.5, 0.6) is 0 Å². The quantitative estimate of drug-likeness (QED) is 0.879. The van der Waals surface area contributed by atoms with Crippen LogP contribution in [-0.2, 0) is 14.3 Å². The molecule has 108 valence electrons. The highest BCUT2D eigenvalue weighted by Gasteiger charge is 2.35. The molecule has 1 N–H and O–H groups in total. The zero-order valence-corrected chi connectivity index (χ0v) is 11.8. The molecular weight excluding hydrogens is 256 g/mol. The fraction of sp³-hybridized carbons (Fsp3) is 0.467. The van der Waals surface area contributed by atoms with E-state index in [9.17, 15) is 9.59 Å². The number of methoxy groups -OCH3 is 1. The summed E-state index contributed by atoms with van der Waals surface area (Å²) in [6.07, 6.45) is 0.264. The third-order valence-corrected chi connectivity index (χ3v) is 3.37. The normalized spacial score (nSPS) is 20.0. The lowest BCUT2D eigenvalue weighted by Crippen LogP contribution is -2.40. The average Bonchev–Trinajstić information content (AvgIpc) is 2.82. The van der Waals surface area contributed by atoms with Crippen LogP contribution in [0.3, 0.4) is 0 Å². The Hall–Kier alpha value is -1.88. The molecule has 1 aromatic rings. The van der Waals surface area contributed by atoms with Gasteiger partial charge in [0.15, 0.2) is 0 Å². The number of nitrogens with one attached hydrogen (secondary N) is 1. The Morgan fingerprint density at radius 2 is 2.15 bits per heavy atom. The molecule has 2 amide bonds. The summed E-state index contributed by atoms with van der Waals surface area (Å²) < 4.78 is 4.99. The summed E-state index contributed by atoms with van der Waals surface area (Å²) in [4.78, 5) is 25.8. The van der Waals surface area contributed by atoms with E-state index in [2.05, 4.69) is 5.32 Å². The molecule has 0 radical (unpaired) electrons. The van der Waals surface area contributed by atoms with Crippen LogP contribution in [0.2, 0.25) is 0 Å². The number of hydrogen-bond donors (Lipinski definition) is 1. The number of anilines is 1. The maximum atomic E-state index is 12.1. The topological polar surface area (TPSA) is 58.6 Å². The lowest BCUT2D eigenvalue weighted by Gasteiger charge is -2.18. The minimum atomic E-state index is -0.290. The van der Waals surface area contributed by atoms with Crippen molar-refractivity contribution in [3.8, 4) is 0 Å². The van der Waals surface area contributed by atoms with Crippen molar-refractivity contribution < 1.29 is 14.3 Å². The molecule has 5 nitrogen and oxygen atoms in total. The van der Waals surface area contributed by atoms with E-state index in [1.54, 1.807) is 12.0 Å². The number of benzene rings is 1. The first-order valence-corrected chi connectivity index (χ1v) is 6.76. The Bertz CT molecular complexity index is 475. The number of ether oxygens (including phenoxy) is 1. The van der Waals surface area contributed by atoms with Crippen LogP contribution in [0.4, 0.5) is 5.69 Å². The maximum absolute atomic E-state index is 12.1. The van der Waals surface area contributed by atoms with Crippen molar-refractivity contribution in [3.63, 3.8) is 0 Å². The molecule has 0 unspecified atom stereocenters. The SMILES string of the molecule is COC[C@@H](C)NC(=O)[C@@H]1CC(=O)N(c2ccccc2)C1. The molecule has 0 saturated carbocycles. The van der Waals surface area contributed by atoms with Gasteiger partial charge in [-0.05, 0) is 19.1 Å². The number of carbonyl (C=O) groups excluding carboxylic acids is 2. The largest absolute Gasteiger partial charge is 0.383 e. The first kappa shape index (κ1) is 14.5. The number of hydrogen-bond acceptors (Lipinski definition) is 3. The van der Waals surface area contributed by atoms with Crippen molar-refractivity contribution in [1.29, 1.82) is 0 Å². The van der Waals surface area contributed by atoms with E-state index in [-0.39, 0.29) is 30.2 Å². The van der Waals surface area contributed by atoms with Gasteiger partial charge in [0.1, 0.15) is 0 Å². The Kier molecular flexibility index (Phi) is 4.74. The summed E-state index contributed by atoms with van der Waals surface area (Å²) in [5.41, 5.74) is 0.845. The van der Waals surface area contributed by atoms with E-state index >= 15 is 0 Å². The number of amides is 2. The van der Waals surface area contributed by atoms with Crippen molar-refractivity contribution in [3.05, 3.63) is 30.3 Å². The van der Waals surface area contributed by atoms with Crippen LogP contribution < -0.4 is 10.2 Å². The van der Waals surface area contributed by atoms with Gasteiger partial charge in [-0.1, -0.05) is 18.2 Å². The van der Waals surface area contributed by atoms with Gasteiger partial charge in [0, 0.05) is 31.8 Å². The van der Waals surface area contributed by atoms with Crippen molar-refractivity contribution >= 4 is 17.5 Å². The lowest BCUT2D eigenvalue weighted by atomic mass is 10.1. The first-order valence-electron chi connectivity index (χ1n) is 6.76. The Morgan fingerprint density at radius 1 is 1.45 bits per heavy atom. The molecular formula is C15H20N2O3. The molecule has 1 saturated heterocycles. The molecule has 2 atom stereocenters. The van der Waals surface area contributed by atoms with E-state index < -0.39 is 0 Å². The predicted molar refractivity (Wildman–Crippen MR) is 76.4 cm³/mol. The Labute approximate surface area is 118 Å². The fourth-order valence-corrected chi connectivity index (χ4v) is 2.39. The van der Waals surface area contributed by atoms with Crippen molar-refractivity contribution in [2.24, 2.45) is 5.92 Å². The second kappa shape index (κ2) is 6.52. The lowest BCUT2D eigenvalue weighted by molar-refractivity contribution is -0.127. The van der Waals surface area contributed by atoms with E-state index in [1.807, 2.05) is 37.3 Å². The summed E-state index contributed by atoms with van der Waals surface area (Å²) in [6, 6.07) is 9.39. The molecule has 1 fully saturated rings. The van der Waals surface area contributed by atoms with Crippen LogP contribution in [0.15, 0.2) is 30.3 Å². The predicted octanol–water partition coefficient (Wildman–Crippen LogP) is 1.19. The van der Waals surface area contributed by atoms with Crippen LogP contribution in [0.1, 0.15) is 13.3 Å². The second-order valence-electron chi connectivity index (χ2n) is 5.11. The monoisotopic (exact) mass is 276 g/mol. The van der Waals surface area contributed by atoms with Crippen molar-refractivity contribution in [2.45, 2.75) is 19.4 Å². The molecule has 5 heteroatoms. The summed E-state index contributed by atoms with van der Waals surface area (Å²) in [5.74, 6) is -0.376. The molecule has 0 aromatic heterocycles. The van der Waals surface area contributed by atoms with Gasteiger partial charge in [-0.3, -0.25) is 9.59 Å². The molecule has 0 bridgehead atoms. The molecule has 1 heterocycles. The Morgan fingerprint density at radius 3 is 2.80 bits per heavy atom. The number of rotatable bonds is 5. The second-order valence-corrected chi connectivity index (χ2v) is 5.11. The molecule has 1 aliphatic heterocycles. The third-order valence-electron chi connectivity index (χ3n) is 3.37. The Balaban J connectivity index is 1.97. The molecule has 0 spiro atoms. The third kappa shape index (κ3) is 3.36. The summed E-state index contributed by atoms with van der Waals surface area (Å²) in [6.45, 7) is 2.79. The van der Waals surface area contributed by atoms with E-state index in [0.717, 1.165) is 5.69 Å². The van der Waals surface area contributed by atoms with Crippen LogP contribution in [0.25, 0.3) is 0 Å². The number of para-hydroxylation sites is 1. The van der Waals surface area contributed by atoms with E-state index in [4.69, 9.17) is 4.74 Å². The minimum Gasteiger partial charge on any atom is -0.383 e. The van der Waals surface area contributed by atoms with Gasteiger partial charge in [0.2, 0.25) is 11.8 Å². The van der Waals surface area contributed by atoms with Gasteiger partial charge in [0.25, 0.3) is 0 Å². The van der Waals surface area contributed by atoms with E-state index in [1.165, 1.54) is 0 Å². The minimum absolute atomic E-state index is 0.00394. The molecule has 20 heavy (non-hydrogen) atoms. The highest BCUT2D eigenvalue weighted by Crippen LogP contribution is 2.24. The zero-order chi connectivity index (χ0) is 14.5. The highest BCUT2D eigenvalue weighted by molar-refractivity contribution is 6.00. The summed E-state index contributed by atoms with van der Waals surface area (Å²) >= 11 is 0. The smallest absolute Gasteiger partial charge is 0.227 e. The highest BCUT2D eigenvalue weighted by atomic mass is 16.5. The molecule has 1 aromatic carbocycles. The average molecular weight is 276 g/mol. The molecule has 0 aliphatic carbocycles. The first-order chi connectivity index (χ1) is 9.61. The molecule has 1 aliphatic rings. The van der Waals surface area contributed by atoms with Crippen molar-refractivity contribution in [2.75, 3.05) is 25.2 Å². The van der Waals surface area contributed by atoms with Gasteiger partial charge in [0.05, 0.1) is 12.5 Å². The van der Waals surface area contributed by atoms with Crippen LogP contribution in [-0.4, -0.2) is 38.1 Å². The van der Waals surface area contributed by atoms with Crippen LogP contribution >= 0.6 is 0 Å². The summed E-state index contributed by atoms with van der Waals surface area (Å²) in [5, 5.41) is 2.87. The van der Waals surface area contributed by atoms with Gasteiger partial charge in [-0.25, -0.2) is 0 Å². The fourth-order valence-electron chi connectivity index (χ4n) is 2.39. The summed E-state index contributed by atoms with van der Waals surface area (Å²) in [7, 11) is 1.60. The molecule has 2 rings (SSSR count). The van der Waals surface area contributed by atoms with Crippen molar-refractivity contribution in [1.82, 2.24) is 5.32 Å². The van der Waals surface area contributed by atoms with E-state index in [0.29, 0.717) is 13.2 Å². The van der Waals surface area contributed by atoms with Gasteiger partial charge in [-0.15, -0.1) is 0 Å². The standard InChI is InChI=1S/C15H20N2O3/c1-11(10-20-2)16-15(19)12-8-14(18)17(9-12)13-6-4-3-5-7-13/h3-7,11-12H,8-10H2,1-2H3,(H,16,19)/t11-,12-/m1/s1. The number of carbonyl (C=O) groups is 2. The zero-order valence-electron chi connectivity index (χ0n) is 11.8. The van der Waals surface area contributed by atoms with Gasteiger partial charge >= 0.3 is 0 Å². The van der Waals surface area contributed by atoms with Gasteiger partial charge < -0.3 is 15.0 Å². The van der Waals surface area contributed by atoms with Gasteiger partial charge in [-0.2, -0.15) is 0 Å². The van der Waals surface area contributed by atoms with Crippen LogP contribution in [0, 0.1) is 5.92 Å².